The number of nitrogens with one attached hydrogen (secondary N) is 1. The molecule has 0 bridgehead atoms. The van der Waals surface area contributed by atoms with Crippen LogP contribution in [0.1, 0.15) is 51.9 Å². The summed E-state index contributed by atoms with van der Waals surface area (Å²) in [6.07, 6.45) is 7.14. The van der Waals surface area contributed by atoms with Crippen LogP contribution in [0.15, 0.2) is 32.3 Å². The third-order valence-corrected chi connectivity index (χ3v) is 6.49. The first-order valence-electron chi connectivity index (χ1n) is 9.72. The minimum atomic E-state index is -3.73. The summed E-state index contributed by atoms with van der Waals surface area (Å²) in [5.41, 5.74) is 0.470. The third kappa shape index (κ3) is 4.82. The van der Waals surface area contributed by atoms with Gasteiger partial charge in [-0.05, 0) is 31.9 Å². The summed E-state index contributed by atoms with van der Waals surface area (Å²) in [6.45, 7) is 1.60. The molecule has 0 atom stereocenters. The second-order valence-corrected chi connectivity index (χ2v) is 8.77. The largest absolute Gasteiger partial charge is 0.465 e. The highest BCUT2D eigenvalue weighted by atomic mass is 32.2. The lowest BCUT2D eigenvalue weighted by Gasteiger charge is -2.20. The predicted molar refractivity (Wildman–Crippen MR) is 104 cm³/mol. The molecule has 1 aromatic heterocycles. The Hall–Kier alpha value is -2.13. The van der Waals surface area contributed by atoms with Gasteiger partial charge in [-0.2, -0.15) is 0 Å². The van der Waals surface area contributed by atoms with Gasteiger partial charge in [0.05, 0.1) is 17.0 Å². The van der Waals surface area contributed by atoms with Crippen molar-refractivity contribution < 1.29 is 22.4 Å². The van der Waals surface area contributed by atoms with Crippen molar-refractivity contribution in [2.45, 2.75) is 69.4 Å². The number of carbonyl (C=O) groups is 1. The number of hydrogen-bond acceptors (Lipinski definition) is 6. The van der Waals surface area contributed by atoms with Gasteiger partial charge in [0.15, 0.2) is 5.58 Å². The van der Waals surface area contributed by atoms with Crippen molar-refractivity contribution in [2.75, 3.05) is 6.61 Å². The molecule has 1 aliphatic rings. The summed E-state index contributed by atoms with van der Waals surface area (Å²) < 4.78 is 39.5. The topological polar surface area (TPSA) is 108 Å². The zero-order valence-electron chi connectivity index (χ0n) is 16.0. The average Bonchev–Trinajstić information content (AvgIpc) is 2.92. The van der Waals surface area contributed by atoms with Crippen LogP contribution in [0.4, 0.5) is 0 Å². The molecule has 8 nitrogen and oxygen atoms in total. The number of hydrogen-bond donors (Lipinski definition) is 1. The van der Waals surface area contributed by atoms with Crippen LogP contribution in [0.5, 0.6) is 0 Å². The summed E-state index contributed by atoms with van der Waals surface area (Å²) in [4.78, 5) is 23.8. The molecule has 0 radical (unpaired) electrons. The fraction of sp³-hybridized carbons (Fsp3) is 0.579. The molecule has 3 rings (SSSR count). The Morgan fingerprint density at radius 2 is 1.89 bits per heavy atom. The van der Waals surface area contributed by atoms with Gasteiger partial charge in [-0.3, -0.25) is 9.36 Å². The van der Waals surface area contributed by atoms with Crippen LogP contribution in [0.2, 0.25) is 0 Å². The molecule has 1 fully saturated rings. The fourth-order valence-electron chi connectivity index (χ4n) is 3.56. The Morgan fingerprint density at radius 1 is 1.21 bits per heavy atom. The van der Waals surface area contributed by atoms with E-state index in [4.69, 9.17) is 9.15 Å². The van der Waals surface area contributed by atoms with E-state index in [0.29, 0.717) is 5.52 Å². The molecule has 0 spiro atoms. The molecule has 1 aliphatic carbocycles. The smallest absolute Gasteiger partial charge is 0.420 e. The maximum absolute atomic E-state index is 12.8. The van der Waals surface area contributed by atoms with Crippen molar-refractivity contribution in [3.63, 3.8) is 0 Å². The third-order valence-electron chi connectivity index (χ3n) is 4.97. The first-order chi connectivity index (χ1) is 13.4. The van der Waals surface area contributed by atoms with E-state index >= 15 is 0 Å². The molecule has 1 N–H and O–H groups in total. The number of ether oxygens (including phenoxy) is 1. The molecule has 0 amide bonds. The maximum Gasteiger partial charge on any atom is 0.420 e. The Labute approximate surface area is 163 Å². The second kappa shape index (κ2) is 8.91. The van der Waals surface area contributed by atoms with Gasteiger partial charge in [0.1, 0.15) is 6.54 Å². The zero-order valence-corrected chi connectivity index (χ0v) is 16.8. The number of sulfonamides is 1. The van der Waals surface area contributed by atoms with E-state index in [1.165, 1.54) is 24.6 Å². The van der Waals surface area contributed by atoms with E-state index in [2.05, 4.69) is 4.72 Å². The van der Waals surface area contributed by atoms with Gasteiger partial charge in [-0.25, -0.2) is 17.9 Å². The number of nitrogens with zero attached hydrogens (tertiary/aromatic N) is 1. The summed E-state index contributed by atoms with van der Waals surface area (Å²) in [6, 6.07) is 4.14. The van der Waals surface area contributed by atoms with Crippen LogP contribution < -0.4 is 10.5 Å². The lowest BCUT2D eigenvalue weighted by molar-refractivity contribution is -0.143. The van der Waals surface area contributed by atoms with Crippen LogP contribution in [-0.4, -0.2) is 31.6 Å². The van der Waals surface area contributed by atoms with Crippen LogP contribution in [0.25, 0.3) is 11.1 Å². The van der Waals surface area contributed by atoms with Gasteiger partial charge in [-0.1, -0.05) is 32.1 Å². The number of carbonyl (C=O) groups excluding carboxylic acids is 1. The van der Waals surface area contributed by atoms with Crippen molar-refractivity contribution >= 4 is 27.1 Å². The monoisotopic (exact) mass is 410 g/mol. The molecule has 28 heavy (non-hydrogen) atoms. The van der Waals surface area contributed by atoms with Gasteiger partial charge in [0.2, 0.25) is 10.0 Å². The number of benzene rings is 1. The molecular weight excluding hydrogens is 384 g/mol. The molecule has 9 heteroatoms. The lowest BCUT2D eigenvalue weighted by atomic mass is 9.97. The van der Waals surface area contributed by atoms with Crippen molar-refractivity contribution in [2.24, 2.45) is 0 Å². The van der Waals surface area contributed by atoms with Crippen molar-refractivity contribution in [1.82, 2.24) is 9.29 Å². The summed E-state index contributed by atoms with van der Waals surface area (Å²) in [7, 11) is -3.73. The fourth-order valence-corrected chi connectivity index (χ4v) is 4.88. The number of fused-ring (bicyclic) bond motifs is 1. The molecule has 0 aliphatic heterocycles. The standard InChI is InChI=1S/C19H26N2O6S/c1-2-26-18(22)13-21-16-11-10-15(12-17(16)27-19(21)23)28(24,25)20-14-8-6-4-3-5-7-9-14/h10-12,14,20H,2-9,13H2,1H3. The van der Waals surface area contributed by atoms with Crippen LogP contribution >= 0.6 is 0 Å². The first kappa shape index (κ1) is 20.6. The zero-order chi connectivity index (χ0) is 20.1. The number of esters is 1. The SMILES string of the molecule is CCOC(=O)Cn1c(=O)oc2cc(S(=O)(=O)NC3CCCCCCC3)ccc21. The molecule has 1 saturated carbocycles. The van der Waals surface area contributed by atoms with E-state index in [-0.39, 0.29) is 29.7 Å². The average molecular weight is 410 g/mol. The Balaban J connectivity index is 1.83. The lowest BCUT2D eigenvalue weighted by Crippen LogP contribution is -2.35. The molecule has 0 saturated heterocycles. The predicted octanol–water partition coefficient (Wildman–Crippen LogP) is 2.55. The van der Waals surface area contributed by atoms with Crippen molar-refractivity contribution in [3.05, 3.63) is 28.7 Å². The molecule has 154 valence electrons. The molecule has 1 aromatic carbocycles. The van der Waals surface area contributed by atoms with Crippen molar-refractivity contribution in [1.29, 1.82) is 0 Å². The van der Waals surface area contributed by atoms with Crippen LogP contribution in [-0.2, 0) is 26.1 Å². The van der Waals surface area contributed by atoms with E-state index in [1.807, 2.05) is 0 Å². The number of rotatable bonds is 6. The first-order valence-corrected chi connectivity index (χ1v) is 11.2. The number of oxazole rings is 1. The highest BCUT2D eigenvalue weighted by Gasteiger charge is 2.22. The highest BCUT2D eigenvalue weighted by Crippen LogP contribution is 2.22. The Morgan fingerprint density at radius 3 is 2.57 bits per heavy atom. The molecule has 0 unspecified atom stereocenters. The summed E-state index contributed by atoms with van der Waals surface area (Å²) >= 11 is 0. The van der Waals surface area contributed by atoms with Crippen LogP contribution in [0, 0.1) is 0 Å². The van der Waals surface area contributed by atoms with E-state index < -0.39 is 21.7 Å². The maximum atomic E-state index is 12.8. The Kier molecular flexibility index (Phi) is 6.56. The molecule has 2 aromatic rings. The minimum Gasteiger partial charge on any atom is -0.465 e. The molecular formula is C19H26N2O6S. The van der Waals surface area contributed by atoms with E-state index in [0.717, 1.165) is 43.1 Å². The summed E-state index contributed by atoms with van der Waals surface area (Å²) in [5.74, 6) is -1.29. The normalized spacial score (nSPS) is 16.6. The van der Waals surface area contributed by atoms with Gasteiger partial charge in [0.25, 0.3) is 0 Å². The van der Waals surface area contributed by atoms with E-state index in [1.54, 1.807) is 6.92 Å². The quantitative estimate of drug-likeness (QED) is 0.733. The highest BCUT2D eigenvalue weighted by molar-refractivity contribution is 7.89. The van der Waals surface area contributed by atoms with E-state index in [9.17, 15) is 18.0 Å². The summed E-state index contributed by atoms with van der Waals surface area (Å²) in [5, 5.41) is 0. The molecule has 1 heterocycles. The van der Waals surface area contributed by atoms with Gasteiger partial charge in [0, 0.05) is 12.1 Å². The Bertz CT molecular complexity index is 984. The second-order valence-electron chi connectivity index (χ2n) is 7.05. The van der Waals surface area contributed by atoms with Crippen molar-refractivity contribution in [3.8, 4) is 0 Å². The van der Waals surface area contributed by atoms with Crippen LogP contribution in [0.3, 0.4) is 0 Å². The van der Waals surface area contributed by atoms with Gasteiger partial charge >= 0.3 is 11.7 Å². The van der Waals surface area contributed by atoms with Gasteiger partial charge < -0.3 is 9.15 Å². The minimum absolute atomic E-state index is 0.0408. The number of aromatic nitrogens is 1. The van der Waals surface area contributed by atoms with Gasteiger partial charge in [-0.15, -0.1) is 0 Å².